The lowest BCUT2D eigenvalue weighted by molar-refractivity contribution is 0.0930. The molecule has 0 aliphatic heterocycles. The largest absolute Gasteiger partial charge is 0.396 e. The molecule has 0 unspecified atom stereocenters. The summed E-state index contributed by atoms with van der Waals surface area (Å²) in [5, 5.41) is 24.3. The van der Waals surface area contributed by atoms with Gasteiger partial charge in [-0.3, -0.25) is 9.78 Å². The Balaban J connectivity index is 1.43. The summed E-state index contributed by atoms with van der Waals surface area (Å²) in [6.07, 6.45) is 3.89. The van der Waals surface area contributed by atoms with Gasteiger partial charge in [0.15, 0.2) is 11.6 Å². The molecular formula is C25H26N6O2. The molecule has 0 fully saturated rings. The molecule has 2 aromatic carbocycles. The summed E-state index contributed by atoms with van der Waals surface area (Å²) >= 11 is 0. The fraction of sp³-hybridized carbons (Fsp3) is 0.200. The number of hydrogen-bond acceptors (Lipinski definition) is 6. The monoisotopic (exact) mass is 442 g/mol. The molecule has 0 aliphatic rings. The van der Waals surface area contributed by atoms with E-state index in [4.69, 9.17) is 0 Å². The Hall–Kier alpha value is -4.04. The molecule has 1 amide bonds. The van der Waals surface area contributed by atoms with Gasteiger partial charge >= 0.3 is 0 Å². The molecule has 2 aromatic heterocycles. The van der Waals surface area contributed by atoms with Crippen LogP contribution in [0.15, 0.2) is 79.1 Å². The van der Waals surface area contributed by atoms with Crippen LogP contribution in [0.2, 0.25) is 0 Å². The average Bonchev–Trinajstić information content (AvgIpc) is 3.23. The Bertz CT molecular complexity index is 1190. The third-order valence-electron chi connectivity index (χ3n) is 5.40. The van der Waals surface area contributed by atoms with Gasteiger partial charge in [0.05, 0.1) is 12.6 Å². The van der Waals surface area contributed by atoms with Gasteiger partial charge in [-0.25, -0.2) is 0 Å². The molecule has 0 spiro atoms. The van der Waals surface area contributed by atoms with Gasteiger partial charge < -0.3 is 20.3 Å². The SMILES string of the molecule is Cn1c(CNc2cccc(C(=O)N[C@H](CCO)c3ccccc3)c2)nnc1-c1ccncc1. The zero-order valence-corrected chi connectivity index (χ0v) is 18.3. The zero-order chi connectivity index (χ0) is 23.0. The van der Waals surface area contributed by atoms with Gasteiger partial charge in [0, 0.05) is 42.9 Å². The Kier molecular flexibility index (Phi) is 7.06. The minimum absolute atomic E-state index is 0.0133. The van der Waals surface area contributed by atoms with Gasteiger partial charge in [-0.1, -0.05) is 36.4 Å². The summed E-state index contributed by atoms with van der Waals surface area (Å²) in [5.74, 6) is 1.33. The molecular weight excluding hydrogens is 416 g/mol. The molecule has 4 aromatic rings. The molecule has 3 N–H and O–H groups in total. The molecule has 0 bridgehead atoms. The van der Waals surface area contributed by atoms with Crippen molar-refractivity contribution in [2.75, 3.05) is 11.9 Å². The Morgan fingerprint density at radius 2 is 1.82 bits per heavy atom. The minimum Gasteiger partial charge on any atom is -0.396 e. The van der Waals surface area contributed by atoms with E-state index in [0.29, 0.717) is 18.5 Å². The molecule has 0 aliphatic carbocycles. The fourth-order valence-electron chi connectivity index (χ4n) is 3.60. The summed E-state index contributed by atoms with van der Waals surface area (Å²) in [7, 11) is 1.92. The van der Waals surface area contributed by atoms with Gasteiger partial charge in [0.25, 0.3) is 5.91 Å². The Labute approximate surface area is 192 Å². The van der Waals surface area contributed by atoms with Crippen molar-refractivity contribution in [2.24, 2.45) is 7.05 Å². The van der Waals surface area contributed by atoms with E-state index in [0.717, 1.165) is 28.5 Å². The van der Waals surface area contributed by atoms with E-state index >= 15 is 0 Å². The number of aliphatic hydroxyl groups is 1. The van der Waals surface area contributed by atoms with Crippen molar-refractivity contribution >= 4 is 11.6 Å². The standard InChI is InChI=1S/C25H26N6O2/c1-31-23(29-30-24(31)19-10-13-26-14-11-19)17-27-21-9-5-8-20(16-21)25(33)28-22(12-15-32)18-6-3-2-4-7-18/h2-11,13-14,16,22,27,32H,12,15,17H2,1H3,(H,28,33)/t22-/m1/s1. The second kappa shape index (κ2) is 10.5. The van der Waals surface area contributed by atoms with Crippen molar-refractivity contribution in [1.82, 2.24) is 25.1 Å². The number of nitrogens with zero attached hydrogens (tertiary/aromatic N) is 4. The maximum absolute atomic E-state index is 12.9. The number of carbonyl (C=O) groups is 1. The number of pyridine rings is 1. The highest BCUT2D eigenvalue weighted by molar-refractivity contribution is 5.95. The van der Waals surface area contributed by atoms with Crippen molar-refractivity contribution in [3.63, 3.8) is 0 Å². The van der Waals surface area contributed by atoms with Crippen molar-refractivity contribution < 1.29 is 9.90 Å². The molecule has 0 saturated heterocycles. The van der Waals surface area contributed by atoms with E-state index in [1.165, 1.54) is 0 Å². The summed E-state index contributed by atoms with van der Waals surface area (Å²) in [5.41, 5.74) is 3.24. The smallest absolute Gasteiger partial charge is 0.251 e. The predicted octanol–water partition coefficient (Wildman–Crippen LogP) is 3.34. The molecule has 1 atom stereocenters. The van der Waals surface area contributed by atoms with Crippen LogP contribution in [0.3, 0.4) is 0 Å². The van der Waals surface area contributed by atoms with Gasteiger partial charge in [-0.15, -0.1) is 10.2 Å². The normalized spacial score (nSPS) is 11.7. The number of carbonyl (C=O) groups excluding carboxylic acids is 1. The van der Waals surface area contributed by atoms with Gasteiger partial charge in [-0.2, -0.15) is 0 Å². The molecule has 0 saturated carbocycles. The average molecular weight is 443 g/mol. The number of rotatable bonds is 9. The van der Waals surface area contributed by atoms with Crippen LogP contribution >= 0.6 is 0 Å². The van der Waals surface area contributed by atoms with E-state index in [2.05, 4.69) is 25.8 Å². The molecule has 168 valence electrons. The van der Waals surface area contributed by atoms with E-state index in [1.54, 1.807) is 24.5 Å². The van der Waals surface area contributed by atoms with Crippen LogP contribution in [0, 0.1) is 0 Å². The number of nitrogens with one attached hydrogen (secondary N) is 2. The van der Waals surface area contributed by atoms with Crippen LogP contribution < -0.4 is 10.6 Å². The number of benzene rings is 2. The zero-order valence-electron chi connectivity index (χ0n) is 18.3. The first kappa shape index (κ1) is 22.2. The summed E-state index contributed by atoms with van der Waals surface area (Å²) in [6, 6.07) is 20.5. The van der Waals surface area contributed by atoms with Crippen LogP contribution in [-0.2, 0) is 13.6 Å². The number of amides is 1. The van der Waals surface area contributed by atoms with Crippen LogP contribution in [0.1, 0.15) is 34.2 Å². The van der Waals surface area contributed by atoms with E-state index in [-0.39, 0.29) is 18.6 Å². The highest BCUT2D eigenvalue weighted by Gasteiger charge is 2.16. The summed E-state index contributed by atoms with van der Waals surface area (Å²) < 4.78 is 1.93. The molecule has 2 heterocycles. The highest BCUT2D eigenvalue weighted by Crippen LogP contribution is 2.19. The topological polar surface area (TPSA) is 105 Å². The van der Waals surface area contributed by atoms with Crippen LogP contribution in [0.5, 0.6) is 0 Å². The molecule has 4 rings (SSSR count). The molecule has 8 heteroatoms. The Morgan fingerprint density at radius 3 is 2.58 bits per heavy atom. The lowest BCUT2D eigenvalue weighted by Gasteiger charge is -2.18. The quantitative estimate of drug-likeness (QED) is 0.367. The summed E-state index contributed by atoms with van der Waals surface area (Å²) in [4.78, 5) is 16.9. The van der Waals surface area contributed by atoms with E-state index in [1.807, 2.05) is 66.2 Å². The van der Waals surface area contributed by atoms with Crippen LogP contribution in [0.4, 0.5) is 5.69 Å². The first-order chi connectivity index (χ1) is 16.2. The molecule has 8 nitrogen and oxygen atoms in total. The molecule has 33 heavy (non-hydrogen) atoms. The predicted molar refractivity (Wildman–Crippen MR) is 126 cm³/mol. The van der Waals surface area contributed by atoms with Crippen molar-refractivity contribution in [1.29, 1.82) is 0 Å². The summed E-state index contributed by atoms with van der Waals surface area (Å²) in [6.45, 7) is 0.442. The van der Waals surface area contributed by atoms with Crippen LogP contribution in [0.25, 0.3) is 11.4 Å². The van der Waals surface area contributed by atoms with E-state index < -0.39 is 0 Å². The van der Waals surface area contributed by atoms with Crippen molar-refractivity contribution in [2.45, 2.75) is 19.0 Å². The third kappa shape index (κ3) is 5.42. The maximum atomic E-state index is 12.9. The number of aliphatic hydroxyl groups excluding tert-OH is 1. The van der Waals surface area contributed by atoms with Gasteiger partial charge in [-0.05, 0) is 42.3 Å². The van der Waals surface area contributed by atoms with Crippen molar-refractivity contribution in [3.8, 4) is 11.4 Å². The number of anilines is 1. The van der Waals surface area contributed by atoms with E-state index in [9.17, 15) is 9.90 Å². The second-order valence-electron chi connectivity index (χ2n) is 7.62. The Morgan fingerprint density at radius 1 is 1.03 bits per heavy atom. The fourth-order valence-corrected chi connectivity index (χ4v) is 3.60. The van der Waals surface area contributed by atoms with Gasteiger partial charge in [0.2, 0.25) is 0 Å². The van der Waals surface area contributed by atoms with Crippen molar-refractivity contribution in [3.05, 3.63) is 96.1 Å². The third-order valence-corrected chi connectivity index (χ3v) is 5.40. The minimum atomic E-state index is -0.259. The van der Waals surface area contributed by atoms with Gasteiger partial charge in [0.1, 0.15) is 0 Å². The maximum Gasteiger partial charge on any atom is 0.251 e. The second-order valence-corrected chi connectivity index (χ2v) is 7.62. The highest BCUT2D eigenvalue weighted by atomic mass is 16.3. The number of aromatic nitrogens is 4. The number of hydrogen-bond donors (Lipinski definition) is 3. The van der Waals surface area contributed by atoms with Crippen LogP contribution in [-0.4, -0.2) is 37.4 Å². The lowest BCUT2D eigenvalue weighted by atomic mass is 10.0. The first-order valence-corrected chi connectivity index (χ1v) is 10.7. The lowest BCUT2D eigenvalue weighted by Crippen LogP contribution is -2.29. The molecule has 0 radical (unpaired) electrons. The first-order valence-electron chi connectivity index (χ1n) is 10.7.